The second-order valence-corrected chi connectivity index (χ2v) is 10.1. The van der Waals surface area contributed by atoms with E-state index in [2.05, 4.69) is 10.5 Å². The Morgan fingerprint density at radius 2 is 1.80 bits per heavy atom. The number of aryl methyl sites for hydroxylation is 1. The molecule has 1 amide bonds. The number of amides is 1. The van der Waals surface area contributed by atoms with Crippen LogP contribution in [0.2, 0.25) is 5.02 Å². The average Bonchev–Trinajstić information content (AvgIpc) is 3.04. The summed E-state index contributed by atoms with van der Waals surface area (Å²) in [4.78, 5) is 12.4. The molecule has 0 aliphatic carbocycles. The van der Waals surface area contributed by atoms with Gasteiger partial charge in [-0.1, -0.05) is 17.7 Å². The quantitative estimate of drug-likeness (QED) is 0.358. The third-order valence-electron chi connectivity index (χ3n) is 5.10. The molecule has 0 fully saturated rings. The van der Waals surface area contributed by atoms with E-state index in [1.807, 2.05) is 36.6 Å². The Balaban J connectivity index is 1.76. The Morgan fingerprint density at radius 1 is 1.14 bits per heavy atom. The smallest absolute Gasteiger partial charge is 0.318 e. The molecule has 1 heterocycles. The number of carbonyl (C=O) groups excluding carboxylic acids is 1. The molecule has 0 spiro atoms. The van der Waals surface area contributed by atoms with Gasteiger partial charge in [-0.15, -0.1) is 0 Å². The Morgan fingerprint density at radius 3 is 2.40 bits per heavy atom. The van der Waals surface area contributed by atoms with E-state index >= 15 is 0 Å². The zero-order valence-electron chi connectivity index (χ0n) is 19.0. The van der Waals surface area contributed by atoms with Gasteiger partial charge in [-0.25, -0.2) is 13.8 Å². The second-order valence-electron chi connectivity index (χ2n) is 7.75. The molecule has 0 saturated heterocycles. The molecular weight excluding hydrogens is 505 g/mol. The number of hydrogen-bond donors (Lipinski definition) is 1. The first-order valence-corrected chi connectivity index (χ1v) is 12.4. The van der Waals surface area contributed by atoms with Crippen molar-refractivity contribution in [1.29, 1.82) is 0 Å². The van der Waals surface area contributed by atoms with Crippen LogP contribution in [0.25, 0.3) is 5.69 Å². The van der Waals surface area contributed by atoms with Crippen LogP contribution in [-0.4, -0.2) is 37.9 Å². The van der Waals surface area contributed by atoms with Gasteiger partial charge < -0.3 is 4.57 Å². The highest BCUT2D eigenvalue weighted by molar-refractivity contribution is 7.92. The summed E-state index contributed by atoms with van der Waals surface area (Å²) in [7, 11) is -4.05. The van der Waals surface area contributed by atoms with Crippen molar-refractivity contribution in [3.05, 3.63) is 82.1 Å². The minimum absolute atomic E-state index is 0.284. The van der Waals surface area contributed by atoms with Crippen LogP contribution < -0.4 is 9.73 Å². The highest BCUT2D eigenvalue weighted by Gasteiger charge is 2.32. The molecule has 0 radical (unpaired) electrons. The van der Waals surface area contributed by atoms with Crippen LogP contribution in [0.3, 0.4) is 0 Å². The number of halogens is 4. The minimum atomic E-state index is -4.66. The molecule has 0 atom stereocenters. The summed E-state index contributed by atoms with van der Waals surface area (Å²) in [6.07, 6.45) is -2.46. The molecule has 2 aromatic carbocycles. The third kappa shape index (κ3) is 6.43. The normalized spacial score (nSPS) is 12.2. The van der Waals surface area contributed by atoms with E-state index in [1.54, 1.807) is 12.1 Å². The molecule has 0 aliphatic rings. The summed E-state index contributed by atoms with van der Waals surface area (Å²) >= 11 is 5.95. The molecule has 0 saturated carbocycles. The van der Waals surface area contributed by atoms with Gasteiger partial charge in [0.1, 0.15) is 6.54 Å². The van der Waals surface area contributed by atoms with Gasteiger partial charge in [0.05, 0.1) is 23.7 Å². The van der Waals surface area contributed by atoms with Gasteiger partial charge in [-0.3, -0.25) is 9.10 Å². The van der Waals surface area contributed by atoms with Crippen molar-refractivity contribution in [3.63, 3.8) is 0 Å². The number of alkyl halides is 3. The third-order valence-corrected chi connectivity index (χ3v) is 6.49. The molecule has 35 heavy (non-hydrogen) atoms. The van der Waals surface area contributed by atoms with E-state index < -0.39 is 34.2 Å². The predicted octanol–water partition coefficient (Wildman–Crippen LogP) is 4.68. The molecule has 0 aliphatic heterocycles. The van der Waals surface area contributed by atoms with Gasteiger partial charge >= 0.3 is 6.18 Å². The SMILES string of the molecule is Cc1cc(/C=N\NC(=O)CN(c2cccc(C(F)(F)F)c2)S(C)(=O)=O)c(C)n1-c1ccc(Cl)cc1. The molecule has 0 bridgehead atoms. The number of nitrogens with zero attached hydrogens (tertiary/aromatic N) is 3. The van der Waals surface area contributed by atoms with Crippen molar-refractivity contribution in [2.24, 2.45) is 5.10 Å². The van der Waals surface area contributed by atoms with Crippen LogP contribution in [0.4, 0.5) is 18.9 Å². The van der Waals surface area contributed by atoms with Crippen molar-refractivity contribution in [3.8, 4) is 5.69 Å². The molecule has 186 valence electrons. The number of hydrazone groups is 1. The molecule has 1 N–H and O–H groups in total. The van der Waals surface area contributed by atoms with Crippen LogP contribution in [-0.2, 0) is 21.0 Å². The topological polar surface area (TPSA) is 83.8 Å². The number of hydrogen-bond acceptors (Lipinski definition) is 4. The van der Waals surface area contributed by atoms with Gasteiger partial charge in [0.2, 0.25) is 10.0 Å². The van der Waals surface area contributed by atoms with Crippen LogP contribution in [0.1, 0.15) is 22.5 Å². The lowest BCUT2D eigenvalue weighted by Gasteiger charge is -2.22. The highest BCUT2D eigenvalue weighted by atomic mass is 35.5. The summed E-state index contributed by atoms with van der Waals surface area (Å²) in [5.41, 5.74) is 4.25. The van der Waals surface area contributed by atoms with E-state index in [0.29, 0.717) is 21.0 Å². The largest absolute Gasteiger partial charge is 0.416 e. The molecule has 3 aromatic rings. The summed E-state index contributed by atoms with van der Waals surface area (Å²) < 4.78 is 66.0. The number of anilines is 1. The standard InChI is InChI=1S/C23H22ClF3N4O3S/c1-15-11-17(16(2)31(15)20-9-7-19(24)8-10-20)13-28-29-22(32)14-30(35(3,33)34)21-6-4-5-18(12-21)23(25,26)27/h4-13H,14H2,1-3H3,(H,29,32)/b28-13-. The van der Waals surface area contributed by atoms with E-state index in [0.717, 1.165) is 35.5 Å². The fraction of sp³-hybridized carbons (Fsp3) is 0.217. The maximum Gasteiger partial charge on any atom is 0.416 e. The van der Waals surface area contributed by atoms with Gasteiger partial charge in [0.25, 0.3) is 5.91 Å². The zero-order valence-corrected chi connectivity index (χ0v) is 20.5. The molecule has 3 rings (SSSR count). The van der Waals surface area contributed by atoms with Crippen LogP contribution in [0, 0.1) is 13.8 Å². The second kappa shape index (κ2) is 10.1. The monoisotopic (exact) mass is 526 g/mol. The molecular formula is C23H22ClF3N4O3S. The minimum Gasteiger partial charge on any atom is -0.318 e. The summed E-state index contributed by atoms with van der Waals surface area (Å²) in [5, 5.41) is 4.50. The maximum absolute atomic E-state index is 13.0. The van der Waals surface area contributed by atoms with Crippen LogP contribution >= 0.6 is 11.6 Å². The highest BCUT2D eigenvalue weighted by Crippen LogP contribution is 2.32. The van der Waals surface area contributed by atoms with Crippen molar-refractivity contribution >= 4 is 39.4 Å². The molecule has 7 nitrogen and oxygen atoms in total. The van der Waals surface area contributed by atoms with Crippen LogP contribution in [0.15, 0.2) is 59.7 Å². The molecule has 12 heteroatoms. The number of nitrogens with one attached hydrogen (secondary N) is 1. The summed E-state index contributed by atoms with van der Waals surface area (Å²) in [6, 6.07) is 12.8. The fourth-order valence-corrected chi connectivity index (χ4v) is 4.46. The van der Waals surface area contributed by atoms with Crippen molar-refractivity contribution in [2.45, 2.75) is 20.0 Å². The number of sulfonamides is 1. The Bertz CT molecular complexity index is 1370. The predicted molar refractivity (Wildman–Crippen MR) is 130 cm³/mol. The molecule has 1 aromatic heterocycles. The Hall–Kier alpha value is -3.31. The summed E-state index contributed by atoms with van der Waals surface area (Å²) in [6.45, 7) is 3.02. The lowest BCUT2D eigenvalue weighted by Crippen LogP contribution is -2.39. The van der Waals surface area contributed by atoms with E-state index in [4.69, 9.17) is 11.6 Å². The lowest BCUT2D eigenvalue weighted by molar-refractivity contribution is -0.137. The van der Waals surface area contributed by atoms with Crippen molar-refractivity contribution in [2.75, 3.05) is 17.1 Å². The lowest BCUT2D eigenvalue weighted by atomic mass is 10.2. The fourth-order valence-electron chi connectivity index (χ4n) is 3.48. The Kier molecular flexibility index (Phi) is 7.61. The number of carbonyl (C=O) groups is 1. The van der Waals surface area contributed by atoms with Gasteiger partial charge in [0, 0.05) is 27.7 Å². The van der Waals surface area contributed by atoms with Gasteiger partial charge in [-0.2, -0.15) is 18.3 Å². The number of aromatic nitrogens is 1. The summed E-state index contributed by atoms with van der Waals surface area (Å²) in [5.74, 6) is -0.824. The average molecular weight is 527 g/mol. The first-order valence-electron chi connectivity index (χ1n) is 10.2. The van der Waals surface area contributed by atoms with Crippen molar-refractivity contribution < 1.29 is 26.4 Å². The first-order chi connectivity index (χ1) is 16.3. The maximum atomic E-state index is 13.0. The van der Waals surface area contributed by atoms with E-state index in [-0.39, 0.29) is 5.69 Å². The van der Waals surface area contributed by atoms with Crippen molar-refractivity contribution in [1.82, 2.24) is 9.99 Å². The molecule has 0 unspecified atom stereocenters. The number of benzene rings is 2. The van der Waals surface area contributed by atoms with Gasteiger partial charge in [0.15, 0.2) is 0 Å². The van der Waals surface area contributed by atoms with Gasteiger partial charge in [-0.05, 0) is 62.4 Å². The van der Waals surface area contributed by atoms with Crippen LogP contribution in [0.5, 0.6) is 0 Å². The first kappa shape index (κ1) is 26.3. The van der Waals surface area contributed by atoms with E-state index in [9.17, 15) is 26.4 Å². The Labute approximate surface area is 205 Å². The zero-order chi connectivity index (χ0) is 26.0. The van der Waals surface area contributed by atoms with E-state index in [1.165, 1.54) is 12.3 Å². The number of rotatable bonds is 7.